The Bertz CT molecular complexity index is 1200. The highest BCUT2D eigenvalue weighted by Gasteiger charge is 2.53. The minimum atomic E-state index is -0.524. The molecule has 2 aromatic rings. The van der Waals surface area contributed by atoms with E-state index in [-0.39, 0.29) is 23.9 Å². The number of fused-ring (bicyclic) bond motifs is 3. The van der Waals surface area contributed by atoms with Gasteiger partial charge in [-0.3, -0.25) is 4.79 Å². The largest absolute Gasteiger partial charge is 0.492 e. The third kappa shape index (κ3) is 5.97. The van der Waals surface area contributed by atoms with Crippen LogP contribution < -0.4 is 10.1 Å². The summed E-state index contributed by atoms with van der Waals surface area (Å²) in [5, 5.41) is 3.69. The van der Waals surface area contributed by atoms with Crippen molar-refractivity contribution in [3.63, 3.8) is 0 Å². The lowest BCUT2D eigenvalue weighted by Crippen LogP contribution is -2.42. The van der Waals surface area contributed by atoms with Crippen molar-refractivity contribution >= 4 is 29.0 Å². The van der Waals surface area contributed by atoms with Gasteiger partial charge in [0.05, 0.1) is 23.7 Å². The maximum absolute atomic E-state index is 12.6. The Morgan fingerprint density at radius 2 is 2.00 bits per heavy atom. The molecule has 1 aromatic carbocycles. The maximum atomic E-state index is 12.6. The lowest BCUT2D eigenvalue weighted by atomic mass is 9.57. The summed E-state index contributed by atoms with van der Waals surface area (Å²) in [6.07, 6.45) is 10.0. The second kappa shape index (κ2) is 11.0. The molecule has 2 saturated carbocycles. The van der Waals surface area contributed by atoms with E-state index in [9.17, 15) is 9.59 Å². The van der Waals surface area contributed by atoms with Gasteiger partial charge >= 0.3 is 12.1 Å². The molecule has 3 fully saturated rings. The van der Waals surface area contributed by atoms with Crippen molar-refractivity contribution in [1.82, 2.24) is 10.3 Å². The van der Waals surface area contributed by atoms with Crippen LogP contribution in [0.1, 0.15) is 65.5 Å². The van der Waals surface area contributed by atoms with Crippen LogP contribution in [0.15, 0.2) is 36.4 Å². The molecule has 0 unspecified atom stereocenters. The molecule has 5 rings (SSSR count). The number of cyclic esters (lactones) is 1. The quantitative estimate of drug-likeness (QED) is 0.363. The fourth-order valence-electron chi connectivity index (χ4n) is 6.73. The van der Waals surface area contributed by atoms with Gasteiger partial charge in [-0.2, -0.15) is 0 Å². The van der Waals surface area contributed by atoms with Crippen LogP contribution in [-0.4, -0.2) is 41.9 Å². The molecule has 0 radical (unpaired) electrons. The van der Waals surface area contributed by atoms with E-state index in [2.05, 4.69) is 30.5 Å². The van der Waals surface area contributed by atoms with Crippen LogP contribution in [0.4, 0.5) is 4.79 Å². The van der Waals surface area contributed by atoms with Crippen LogP contribution in [-0.2, 0) is 14.3 Å². The van der Waals surface area contributed by atoms with Gasteiger partial charge in [-0.1, -0.05) is 31.4 Å². The molecule has 38 heavy (non-hydrogen) atoms. The van der Waals surface area contributed by atoms with Gasteiger partial charge in [0.25, 0.3) is 0 Å². The Hall–Kier alpha value is -3.09. The molecule has 0 bridgehead atoms. The molecule has 204 valence electrons. The van der Waals surface area contributed by atoms with E-state index in [1.807, 2.05) is 45.0 Å². The first-order valence-corrected chi connectivity index (χ1v) is 14.1. The van der Waals surface area contributed by atoms with E-state index in [1.54, 1.807) is 0 Å². The summed E-state index contributed by atoms with van der Waals surface area (Å²) in [5.74, 6) is 2.65. The molecule has 1 N–H and O–H groups in total. The number of nitrogens with one attached hydrogen (secondary N) is 1. The van der Waals surface area contributed by atoms with Gasteiger partial charge in [-0.15, -0.1) is 0 Å². The first kappa shape index (κ1) is 26.5. The lowest BCUT2D eigenvalue weighted by Gasteiger charge is -2.45. The first-order chi connectivity index (χ1) is 18.2. The van der Waals surface area contributed by atoms with Gasteiger partial charge in [0.1, 0.15) is 24.1 Å². The monoisotopic (exact) mass is 520 g/mol. The summed E-state index contributed by atoms with van der Waals surface area (Å²) < 4.78 is 16.7. The Labute approximate surface area is 225 Å². The minimum absolute atomic E-state index is 0.00685. The number of hydrogen-bond donors (Lipinski definition) is 1. The van der Waals surface area contributed by atoms with Gasteiger partial charge in [-0.05, 0) is 88.6 Å². The van der Waals surface area contributed by atoms with Crippen LogP contribution in [0.5, 0.6) is 5.75 Å². The average Bonchev–Trinajstić information content (AvgIpc) is 3.16. The zero-order valence-electron chi connectivity index (χ0n) is 22.9. The second-order valence-corrected chi connectivity index (χ2v) is 12.1. The zero-order chi connectivity index (χ0) is 26.9. The number of rotatable bonds is 6. The summed E-state index contributed by atoms with van der Waals surface area (Å²) in [4.78, 5) is 29.2. The number of amides is 1. The highest BCUT2D eigenvalue weighted by atomic mass is 16.6. The number of esters is 1. The summed E-state index contributed by atoms with van der Waals surface area (Å²) in [6, 6.07) is 9.92. The number of benzene rings is 1. The second-order valence-electron chi connectivity index (χ2n) is 12.1. The molecule has 1 saturated heterocycles. The summed E-state index contributed by atoms with van der Waals surface area (Å²) in [7, 11) is 0. The number of hydrogen-bond acceptors (Lipinski definition) is 6. The Kier molecular flexibility index (Phi) is 7.64. The van der Waals surface area contributed by atoms with Gasteiger partial charge < -0.3 is 19.5 Å². The van der Waals surface area contributed by atoms with Crippen LogP contribution in [0.2, 0.25) is 0 Å². The zero-order valence-corrected chi connectivity index (χ0v) is 22.9. The fraction of sp³-hybridized carbons (Fsp3) is 0.581. The molecular formula is C31H40N2O5. The molecule has 0 spiro atoms. The summed E-state index contributed by atoms with van der Waals surface area (Å²) >= 11 is 0. The van der Waals surface area contributed by atoms with Crippen molar-refractivity contribution in [3.05, 3.63) is 42.1 Å². The standard InChI is InChI=1S/C31H40N2O5/c1-19-28-25(24-8-6-5-7-20(24)18-26(28)29(34)37-19)13-11-22-10-9-21-17-23(12-14-27(21)33-22)36-16-15-32-30(35)38-31(2,3)4/h9-14,17,19-20,24-26,28H,5-8,15-16,18H2,1-4H3,(H,32,35)/b13-11+/t19-,20+,24-,25+,26-,28+/m1/s1. The third-order valence-corrected chi connectivity index (χ3v) is 8.29. The molecule has 2 heterocycles. The molecule has 7 heteroatoms. The molecule has 2 aliphatic carbocycles. The first-order valence-electron chi connectivity index (χ1n) is 14.1. The molecule has 7 nitrogen and oxygen atoms in total. The lowest BCUT2D eigenvalue weighted by molar-refractivity contribution is -0.144. The van der Waals surface area contributed by atoms with Crippen molar-refractivity contribution in [2.45, 2.75) is 71.5 Å². The predicted octanol–water partition coefficient (Wildman–Crippen LogP) is 6.16. The topological polar surface area (TPSA) is 86.8 Å². The van der Waals surface area contributed by atoms with Crippen molar-refractivity contribution in [2.75, 3.05) is 13.2 Å². The van der Waals surface area contributed by atoms with Crippen LogP contribution in [0, 0.1) is 29.6 Å². The van der Waals surface area contributed by atoms with E-state index < -0.39 is 11.7 Å². The molecule has 6 atom stereocenters. The number of aromatic nitrogens is 1. The molecule has 1 amide bonds. The maximum Gasteiger partial charge on any atom is 0.407 e. The van der Waals surface area contributed by atoms with Gasteiger partial charge in [0, 0.05) is 11.3 Å². The number of alkyl carbamates (subject to hydrolysis) is 1. The van der Waals surface area contributed by atoms with E-state index in [0.29, 0.717) is 30.9 Å². The van der Waals surface area contributed by atoms with Crippen LogP contribution >= 0.6 is 0 Å². The summed E-state index contributed by atoms with van der Waals surface area (Å²) in [5.41, 5.74) is 1.29. The SMILES string of the molecule is C[C@H]1OC(=O)[C@@H]2C[C@@H]3CCCC[C@H]3[C@H](/C=C/c3ccc4cc(OCCNC(=O)OC(C)(C)C)ccc4n3)[C@H]12. The number of nitrogens with zero attached hydrogens (tertiary/aromatic N) is 1. The normalized spacial score (nSPS) is 29.0. The highest BCUT2D eigenvalue weighted by Crippen LogP contribution is 2.53. The third-order valence-electron chi connectivity index (χ3n) is 8.29. The Morgan fingerprint density at radius 3 is 2.82 bits per heavy atom. The van der Waals surface area contributed by atoms with E-state index in [0.717, 1.165) is 28.8 Å². The van der Waals surface area contributed by atoms with Crippen molar-refractivity contribution < 1.29 is 23.8 Å². The van der Waals surface area contributed by atoms with E-state index >= 15 is 0 Å². The minimum Gasteiger partial charge on any atom is -0.492 e. The Balaban J connectivity index is 1.23. The van der Waals surface area contributed by atoms with Crippen molar-refractivity contribution in [3.8, 4) is 5.75 Å². The highest BCUT2D eigenvalue weighted by molar-refractivity contribution is 5.81. The van der Waals surface area contributed by atoms with E-state index in [4.69, 9.17) is 19.2 Å². The smallest absolute Gasteiger partial charge is 0.407 e. The van der Waals surface area contributed by atoms with Gasteiger partial charge in [0.2, 0.25) is 0 Å². The molecule has 1 aliphatic heterocycles. The molecule has 1 aromatic heterocycles. The van der Waals surface area contributed by atoms with Crippen molar-refractivity contribution in [2.24, 2.45) is 29.6 Å². The number of allylic oxidation sites excluding steroid dienone is 1. The van der Waals surface area contributed by atoms with E-state index in [1.165, 1.54) is 25.7 Å². The molecular weight excluding hydrogens is 480 g/mol. The fourth-order valence-corrected chi connectivity index (χ4v) is 6.73. The van der Waals surface area contributed by atoms with Gasteiger partial charge in [-0.25, -0.2) is 9.78 Å². The number of carbonyl (C=O) groups is 2. The van der Waals surface area contributed by atoms with Crippen molar-refractivity contribution in [1.29, 1.82) is 0 Å². The average molecular weight is 521 g/mol. The van der Waals surface area contributed by atoms with Gasteiger partial charge in [0.15, 0.2) is 0 Å². The Morgan fingerprint density at radius 1 is 1.18 bits per heavy atom. The van der Waals surface area contributed by atoms with Crippen LogP contribution in [0.25, 0.3) is 17.0 Å². The number of ether oxygens (including phenoxy) is 3. The number of carbonyl (C=O) groups excluding carboxylic acids is 2. The van der Waals surface area contributed by atoms with Crippen LogP contribution in [0.3, 0.4) is 0 Å². The summed E-state index contributed by atoms with van der Waals surface area (Å²) in [6.45, 7) is 8.26. The molecule has 3 aliphatic rings. The number of pyridine rings is 1. The predicted molar refractivity (Wildman–Crippen MR) is 147 cm³/mol.